The summed E-state index contributed by atoms with van der Waals surface area (Å²) in [5.41, 5.74) is -0.621. The summed E-state index contributed by atoms with van der Waals surface area (Å²) in [7, 11) is 0. The van der Waals surface area contributed by atoms with Gasteiger partial charge in [-0.1, -0.05) is 13.3 Å². The number of hydrogen-bond acceptors (Lipinski definition) is 3. The van der Waals surface area contributed by atoms with Crippen LogP contribution in [0.4, 0.5) is 0 Å². The summed E-state index contributed by atoms with van der Waals surface area (Å²) in [5, 5.41) is 27.3. The van der Waals surface area contributed by atoms with Crippen molar-refractivity contribution in [3.05, 3.63) is 0 Å². The second-order valence-electron chi connectivity index (χ2n) is 4.43. The third-order valence-corrected chi connectivity index (χ3v) is 2.29. The third kappa shape index (κ3) is 6.99. The van der Waals surface area contributed by atoms with Crippen molar-refractivity contribution in [3.8, 4) is 0 Å². The van der Waals surface area contributed by atoms with E-state index in [1.54, 1.807) is 13.8 Å². The maximum absolute atomic E-state index is 9.41. The molecule has 3 nitrogen and oxygen atoms in total. The molecule has 0 aliphatic carbocycles. The summed E-state index contributed by atoms with van der Waals surface area (Å²) >= 11 is 0. The van der Waals surface area contributed by atoms with E-state index >= 15 is 0 Å². The van der Waals surface area contributed by atoms with Crippen LogP contribution < -0.4 is 0 Å². The Labute approximate surface area is 80.4 Å². The van der Waals surface area contributed by atoms with E-state index in [-0.39, 0.29) is 12.5 Å². The van der Waals surface area contributed by atoms with Gasteiger partial charge in [-0.15, -0.1) is 0 Å². The molecule has 0 spiro atoms. The SMILES string of the molecule is C[C@H](CCCC(C)(C)O)C(O)CO. The van der Waals surface area contributed by atoms with Crippen LogP contribution in [-0.2, 0) is 0 Å². The molecule has 0 bridgehead atoms. The van der Waals surface area contributed by atoms with Crippen molar-refractivity contribution >= 4 is 0 Å². The van der Waals surface area contributed by atoms with Crippen molar-refractivity contribution in [2.75, 3.05) is 6.61 Å². The Hall–Kier alpha value is -0.120. The van der Waals surface area contributed by atoms with E-state index in [9.17, 15) is 10.2 Å². The lowest BCUT2D eigenvalue weighted by Crippen LogP contribution is -2.23. The molecule has 0 aliphatic rings. The van der Waals surface area contributed by atoms with Gasteiger partial charge in [0.1, 0.15) is 0 Å². The van der Waals surface area contributed by atoms with E-state index in [0.717, 1.165) is 19.3 Å². The highest BCUT2D eigenvalue weighted by Gasteiger charge is 2.16. The van der Waals surface area contributed by atoms with Gasteiger partial charge in [-0.05, 0) is 32.6 Å². The van der Waals surface area contributed by atoms with Gasteiger partial charge in [0.05, 0.1) is 18.3 Å². The number of aliphatic hydroxyl groups excluding tert-OH is 2. The molecule has 0 rings (SSSR count). The van der Waals surface area contributed by atoms with Crippen molar-refractivity contribution in [2.45, 2.75) is 51.7 Å². The van der Waals surface area contributed by atoms with E-state index in [1.165, 1.54) is 0 Å². The maximum Gasteiger partial charge on any atom is 0.0796 e. The highest BCUT2D eigenvalue weighted by Crippen LogP contribution is 2.17. The van der Waals surface area contributed by atoms with Crippen LogP contribution in [0.2, 0.25) is 0 Å². The summed E-state index contributed by atoms with van der Waals surface area (Å²) in [5.74, 6) is 0.104. The molecule has 2 atom stereocenters. The largest absolute Gasteiger partial charge is 0.394 e. The quantitative estimate of drug-likeness (QED) is 0.583. The van der Waals surface area contributed by atoms with Gasteiger partial charge < -0.3 is 15.3 Å². The molecule has 0 aromatic carbocycles. The Morgan fingerprint density at radius 1 is 1.31 bits per heavy atom. The first-order valence-corrected chi connectivity index (χ1v) is 4.88. The van der Waals surface area contributed by atoms with Crippen LogP contribution in [0.5, 0.6) is 0 Å². The molecule has 3 N–H and O–H groups in total. The molecule has 0 saturated heterocycles. The van der Waals surface area contributed by atoms with Crippen LogP contribution in [0.15, 0.2) is 0 Å². The molecule has 0 fully saturated rings. The summed E-state index contributed by atoms with van der Waals surface area (Å²) in [6.07, 6.45) is 1.82. The molecule has 13 heavy (non-hydrogen) atoms. The highest BCUT2D eigenvalue weighted by atomic mass is 16.3. The van der Waals surface area contributed by atoms with Crippen molar-refractivity contribution in [3.63, 3.8) is 0 Å². The fourth-order valence-corrected chi connectivity index (χ4v) is 1.23. The van der Waals surface area contributed by atoms with Crippen LogP contribution in [0, 0.1) is 5.92 Å². The molecule has 0 aromatic rings. The molecular formula is C10H22O3. The fraction of sp³-hybridized carbons (Fsp3) is 1.00. The lowest BCUT2D eigenvalue weighted by molar-refractivity contribution is 0.0399. The van der Waals surface area contributed by atoms with Gasteiger partial charge in [0.2, 0.25) is 0 Å². The van der Waals surface area contributed by atoms with Crippen molar-refractivity contribution in [1.29, 1.82) is 0 Å². The third-order valence-electron chi connectivity index (χ3n) is 2.29. The molecule has 0 heterocycles. The average Bonchev–Trinajstić information content (AvgIpc) is 2.00. The van der Waals surface area contributed by atoms with E-state index in [4.69, 9.17) is 5.11 Å². The van der Waals surface area contributed by atoms with E-state index in [2.05, 4.69) is 0 Å². The predicted octanol–water partition coefficient (Wildman–Crippen LogP) is 0.917. The molecule has 3 heteroatoms. The van der Waals surface area contributed by atoms with Crippen molar-refractivity contribution in [1.82, 2.24) is 0 Å². The van der Waals surface area contributed by atoms with Gasteiger partial charge in [0.25, 0.3) is 0 Å². The van der Waals surface area contributed by atoms with Crippen LogP contribution in [0.25, 0.3) is 0 Å². The molecular weight excluding hydrogens is 168 g/mol. The standard InChI is InChI=1S/C10H22O3/c1-8(9(12)7-11)5-4-6-10(2,3)13/h8-9,11-13H,4-7H2,1-3H3/t8-,9?/m1/s1. The Balaban J connectivity index is 3.53. The Bertz CT molecular complexity index is 129. The first-order chi connectivity index (χ1) is 5.87. The van der Waals surface area contributed by atoms with E-state index in [0.29, 0.717) is 0 Å². The second kappa shape index (κ2) is 5.58. The first kappa shape index (κ1) is 12.9. The molecule has 0 saturated carbocycles. The zero-order chi connectivity index (χ0) is 10.5. The molecule has 0 radical (unpaired) electrons. The van der Waals surface area contributed by atoms with Gasteiger partial charge in [-0.2, -0.15) is 0 Å². The molecule has 80 valence electrons. The minimum atomic E-state index is -0.623. The summed E-state index contributed by atoms with van der Waals surface area (Å²) < 4.78 is 0. The van der Waals surface area contributed by atoms with Crippen molar-refractivity contribution in [2.24, 2.45) is 5.92 Å². The van der Waals surface area contributed by atoms with Gasteiger partial charge in [-0.3, -0.25) is 0 Å². The topological polar surface area (TPSA) is 60.7 Å². The smallest absolute Gasteiger partial charge is 0.0796 e. The van der Waals surface area contributed by atoms with Crippen molar-refractivity contribution < 1.29 is 15.3 Å². The molecule has 0 aromatic heterocycles. The molecule has 0 amide bonds. The summed E-state index contributed by atoms with van der Waals surface area (Å²) in [6, 6.07) is 0. The Morgan fingerprint density at radius 2 is 1.85 bits per heavy atom. The van der Waals surface area contributed by atoms with Crippen LogP contribution in [0.1, 0.15) is 40.0 Å². The lowest BCUT2D eigenvalue weighted by Gasteiger charge is -2.20. The first-order valence-electron chi connectivity index (χ1n) is 4.88. The number of hydrogen-bond donors (Lipinski definition) is 3. The van der Waals surface area contributed by atoms with Gasteiger partial charge in [0.15, 0.2) is 0 Å². The zero-order valence-corrected chi connectivity index (χ0v) is 8.82. The minimum absolute atomic E-state index is 0.104. The van der Waals surface area contributed by atoms with Crippen LogP contribution >= 0.6 is 0 Å². The van der Waals surface area contributed by atoms with Gasteiger partial charge in [0, 0.05) is 0 Å². The monoisotopic (exact) mass is 190 g/mol. The maximum atomic E-state index is 9.41. The Morgan fingerprint density at radius 3 is 2.23 bits per heavy atom. The zero-order valence-electron chi connectivity index (χ0n) is 8.82. The minimum Gasteiger partial charge on any atom is -0.394 e. The lowest BCUT2D eigenvalue weighted by atomic mass is 9.94. The number of rotatable bonds is 6. The fourth-order valence-electron chi connectivity index (χ4n) is 1.23. The summed E-state index contributed by atoms with van der Waals surface area (Å²) in [6.45, 7) is 5.29. The van der Waals surface area contributed by atoms with E-state index < -0.39 is 11.7 Å². The Kier molecular flexibility index (Phi) is 5.53. The predicted molar refractivity (Wildman–Crippen MR) is 52.4 cm³/mol. The highest BCUT2D eigenvalue weighted by molar-refractivity contribution is 4.68. The number of aliphatic hydroxyl groups is 3. The van der Waals surface area contributed by atoms with Crippen LogP contribution in [0.3, 0.4) is 0 Å². The second-order valence-corrected chi connectivity index (χ2v) is 4.43. The molecule has 1 unspecified atom stereocenters. The summed E-state index contributed by atoms with van der Waals surface area (Å²) in [4.78, 5) is 0. The van der Waals surface area contributed by atoms with Gasteiger partial charge in [-0.25, -0.2) is 0 Å². The molecule has 0 aliphatic heterocycles. The normalized spacial score (nSPS) is 17.1. The van der Waals surface area contributed by atoms with Crippen LogP contribution in [-0.4, -0.2) is 33.6 Å². The van der Waals surface area contributed by atoms with Gasteiger partial charge >= 0.3 is 0 Å². The van der Waals surface area contributed by atoms with E-state index in [1.807, 2.05) is 6.92 Å². The average molecular weight is 190 g/mol.